The number of rotatable bonds is 9. The average Bonchev–Trinajstić information content (AvgIpc) is 3.43. The Labute approximate surface area is 232 Å². The highest BCUT2D eigenvalue weighted by atomic mass is 35.5. The molecule has 0 radical (unpaired) electrons. The van der Waals surface area contributed by atoms with Crippen LogP contribution in [0.4, 0.5) is 5.69 Å². The molecule has 1 aliphatic heterocycles. The van der Waals surface area contributed by atoms with Crippen molar-refractivity contribution in [2.45, 2.75) is 25.8 Å². The molecule has 8 nitrogen and oxygen atoms in total. The van der Waals surface area contributed by atoms with E-state index in [4.69, 9.17) is 16.1 Å². The highest BCUT2D eigenvalue weighted by Gasteiger charge is 2.27. The molecule has 4 aromatic rings. The number of carbonyl (C=O) groups is 2. The summed E-state index contributed by atoms with van der Waals surface area (Å²) in [5, 5.41) is 10.7. The molecular weight excluding hydrogens is 514 g/mol. The third-order valence-corrected chi connectivity index (χ3v) is 7.11. The zero-order valence-corrected chi connectivity index (χ0v) is 22.2. The van der Waals surface area contributed by atoms with E-state index >= 15 is 0 Å². The first-order chi connectivity index (χ1) is 19.0. The van der Waals surface area contributed by atoms with Crippen molar-refractivity contribution in [3.8, 4) is 11.4 Å². The van der Waals surface area contributed by atoms with Gasteiger partial charge in [-0.1, -0.05) is 59.2 Å². The quantitative estimate of drug-likeness (QED) is 0.300. The molecule has 9 heteroatoms. The van der Waals surface area contributed by atoms with Crippen LogP contribution in [-0.4, -0.2) is 46.5 Å². The summed E-state index contributed by atoms with van der Waals surface area (Å²) in [5.74, 6) is 0.660. The van der Waals surface area contributed by atoms with Gasteiger partial charge in [0.15, 0.2) is 0 Å². The molecule has 2 amide bonds. The number of anilines is 1. The lowest BCUT2D eigenvalue weighted by Gasteiger charge is -2.30. The van der Waals surface area contributed by atoms with Gasteiger partial charge in [0.2, 0.25) is 17.6 Å². The number of nitrogens with zero attached hydrogens (tertiary/aromatic N) is 3. The SMILES string of the molecule is O=C(NCCc1ccccc1)c1ccccc1NC(=O)C1CCN(Cc2nc(-c3ccc(Cl)cc3)no2)CC1. The van der Waals surface area contributed by atoms with E-state index in [0.29, 0.717) is 53.9 Å². The van der Waals surface area contributed by atoms with Crippen LogP contribution in [0.25, 0.3) is 11.4 Å². The molecule has 0 saturated carbocycles. The molecule has 1 fully saturated rings. The number of halogens is 1. The lowest BCUT2D eigenvalue weighted by Crippen LogP contribution is -2.38. The second-order valence-electron chi connectivity index (χ2n) is 9.60. The fraction of sp³-hybridized carbons (Fsp3) is 0.267. The van der Waals surface area contributed by atoms with Gasteiger partial charge in [0, 0.05) is 23.0 Å². The van der Waals surface area contributed by atoms with Gasteiger partial charge in [-0.3, -0.25) is 14.5 Å². The second-order valence-corrected chi connectivity index (χ2v) is 10.0. The zero-order chi connectivity index (χ0) is 27.0. The van der Waals surface area contributed by atoms with Gasteiger partial charge in [0.25, 0.3) is 5.91 Å². The fourth-order valence-corrected chi connectivity index (χ4v) is 4.79. The topological polar surface area (TPSA) is 100 Å². The van der Waals surface area contributed by atoms with Crippen molar-refractivity contribution in [2.75, 3.05) is 25.0 Å². The van der Waals surface area contributed by atoms with Gasteiger partial charge in [0.1, 0.15) is 0 Å². The molecule has 200 valence electrons. The number of aromatic nitrogens is 2. The molecule has 0 spiro atoms. The van der Waals surface area contributed by atoms with Crippen molar-refractivity contribution in [3.05, 3.63) is 101 Å². The van der Waals surface area contributed by atoms with Gasteiger partial charge in [-0.15, -0.1) is 0 Å². The Morgan fingerprint density at radius 3 is 2.44 bits per heavy atom. The molecule has 2 heterocycles. The molecule has 0 unspecified atom stereocenters. The van der Waals surface area contributed by atoms with Crippen molar-refractivity contribution >= 4 is 29.1 Å². The molecule has 1 saturated heterocycles. The molecule has 0 aliphatic carbocycles. The van der Waals surface area contributed by atoms with E-state index in [-0.39, 0.29) is 17.7 Å². The number of amides is 2. The van der Waals surface area contributed by atoms with Crippen LogP contribution in [0.2, 0.25) is 5.02 Å². The van der Waals surface area contributed by atoms with Gasteiger partial charge in [-0.05, 0) is 74.3 Å². The van der Waals surface area contributed by atoms with E-state index in [1.165, 1.54) is 0 Å². The van der Waals surface area contributed by atoms with Gasteiger partial charge >= 0.3 is 0 Å². The van der Waals surface area contributed by atoms with E-state index < -0.39 is 0 Å². The summed E-state index contributed by atoms with van der Waals surface area (Å²) in [5.41, 5.74) is 2.99. The molecule has 5 rings (SSSR count). The van der Waals surface area contributed by atoms with Gasteiger partial charge in [-0.25, -0.2) is 0 Å². The predicted octanol–water partition coefficient (Wildman–Crippen LogP) is 5.21. The van der Waals surface area contributed by atoms with E-state index in [0.717, 1.165) is 30.6 Å². The number of para-hydroxylation sites is 1. The summed E-state index contributed by atoms with van der Waals surface area (Å²) in [6.07, 6.45) is 2.15. The Kier molecular flexibility index (Phi) is 8.65. The van der Waals surface area contributed by atoms with Crippen molar-refractivity contribution in [2.24, 2.45) is 5.92 Å². The normalized spacial score (nSPS) is 14.2. The second kappa shape index (κ2) is 12.7. The van der Waals surface area contributed by atoms with Gasteiger partial charge in [0.05, 0.1) is 17.8 Å². The zero-order valence-electron chi connectivity index (χ0n) is 21.5. The molecule has 0 atom stereocenters. The van der Waals surface area contributed by atoms with Crippen LogP contribution in [0, 0.1) is 5.92 Å². The predicted molar refractivity (Wildman–Crippen MR) is 150 cm³/mol. The van der Waals surface area contributed by atoms with Crippen LogP contribution in [0.5, 0.6) is 0 Å². The lowest BCUT2D eigenvalue weighted by molar-refractivity contribution is -0.121. The van der Waals surface area contributed by atoms with E-state index in [9.17, 15) is 9.59 Å². The minimum Gasteiger partial charge on any atom is -0.352 e. The van der Waals surface area contributed by atoms with Crippen molar-refractivity contribution in [1.29, 1.82) is 0 Å². The van der Waals surface area contributed by atoms with Crippen LogP contribution in [-0.2, 0) is 17.8 Å². The minimum absolute atomic E-state index is 0.0676. The van der Waals surface area contributed by atoms with Crippen molar-refractivity contribution < 1.29 is 14.1 Å². The summed E-state index contributed by atoms with van der Waals surface area (Å²) >= 11 is 5.95. The Morgan fingerprint density at radius 2 is 1.67 bits per heavy atom. The fourth-order valence-electron chi connectivity index (χ4n) is 4.67. The molecule has 2 N–H and O–H groups in total. The Hall–Kier alpha value is -4.01. The Balaban J connectivity index is 1.10. The molecular formula is C30H30ClN5O3. The molecule has 3 aromatic carbocycles. The standard InChI is InChI=1S/C30H30ClN5O3/c31-24-12-10-22(11-13-24)28-34-27(39-35-28)20-36-18-15-23(16-19-36)29(37)33-26-9-5-4-8-25(26)30(38)32-17-14-21-6-2-1-3-7-21/h1-13,23H,14-20H2,(H,32,38)(H,33,37). The third-order valence-electron chi connectivity index (χ3n) is 6.86. The van der Waals surface area contributed by atoms with E-state index in [1.807, 2.05) is 48.5 Å². The largest absolute Gasteiger partial charge is 0.352 e. The van der Waals surface area contributed by atoms with Crippen LogP contribution < -0.4 is 10.6 Å². The van der Waals surface area contributed by atoms with E-state index in [2.05, 4.69) is 25.7 Å². The number of hydrogen-bond donors (Lipinski definition) is 2. The highest BCUT2D eigenvalue weighted by Crippen LogP contribution is 2.24. The maximum atomic E-state index is 13.1. The molecule has 0 bridgehead atoms. The maximum absolute atomic E-state index is 13.1. The van der Waals surface area contributed by atoms with Crippen LogP contribution >= 0.6 is 11.6 Å². The van der Waals surface area contributed by atoms with Crippen molar-refractivity contribution in [1.82, 2.24) is 20.4 Å². The number of carbonyl (C=O) groups excluding carboxylic acids is 2. The number of hydrogen-bond acceptors (Lipinski definition) is 6. The number of benzene rings is 3. The number of likely N-dealkylation sites (tertiary alicyclic amines) is 1. The highest BCUT2D eigenvalue weighted by molar-refractivity contribution is 6.30. The summed E-state index contributed by atoms with van der Waals surface area (Å²) in [6, 6.07) is 24.4. The van der Waals surface area contributed by atoms with Crippen LogP contribution in [0.15, 0.2) is 83.4 Å². The summed E-state index contributed by atoms with van der Waals surface area (Å²) in [7, 11) is 0. The first-order valence-electron chi connectivity index (χ1n) is 13.1. The molecule has 1 aliphatic rings. The molecule has 1 aromatic heterocycles. The average molecular weight is 544 g/mol. The van der Waals surface area contributed by atoms with Crippen LogP contribution in [0.3, 0.4) is 0 Å². The Morgan fingerprint density at radius 1 is 0.949 bits per heavy atom. The Bertz CT molecular complexity index is 1400. The number of piperidine rings is 1. The summed E-state index contributed by atoms with van der Waals surface area (Å²) in [4.78, 5) is 32.6. The van der Waals surface area contributed by atoms with E-state index in [1.54, 1.807) is 30.3 Å². The smallest absolute Gasteiger partial charge is 0.253 e. The first kappa shape index (κ1) is 26.6. The van der Waals surface area contributed by atoms with Crippen molar-refractivity contribution in [3.63, 3.8) is 0 Å². The maximum Gasteiger partial charge on any atom is 0.253 e. The van der Waals surface area contributed by atoms with Gasteiger partial charge < -0.3 is 15.2 Å². The minimum atomic E-state index is -0.200. The summed E-state index contributed by atoms with van der Waals surface area (Å²) in [6.45, 7) is 2.52. The van der Waals surface area contributed by atoms with Crippen LogP contribution in [0.1, 0.15) is 34.7 Å². The molecule has 39 heavy (non-hydrogen) atoms. The number of nitrogens with one attached hydrogen (secondary N) is 2. The monoisotopic (exact) mass is 543 g/mol. The lowest BCUT2D eigenvalue weighted by atomic mass is 9.95. The third kappa shape index (κ3) is 7.10. The first-order valence-corrected chi connectivity index (χ1v) is 13.5. The summed E-state index contributed by atoms with van der Waals surface area (Å²) < 4.78 is 5.44. The van der Waals surface area contributed by atoms with Gasteiger partial charge in [-0.2, -0.15) is 4.98 Å².